The normalized spacial score (nSPS) is 10.8. The van der Waals surface area contributed by atoms with Gasteiger partial charge in [0.1, 0.15) is 24.0 Å². The monoisotopic (exact) mass is 357 g/mol. The second-order valence-electron chi connectivity index (χ2n) is 4.44. The van der Waals surface area contributed by atoms with E-state index in [1.807, 2.05) is 30.3 Å². The van der Waals surface area contributed by atoms with E-state index in [0.29, 0.717) is 22.4 Å². The van der Waals surface area contributed by atoms with E-state index >= 15 is 0 Å². The number of carboxylic acid groups (broad SMARTS) is 1. The predicted octanol–water partition coefficient (Wildman–Crippen LogP) is 4.02. The van der Waals surface area contributed by atoms with E-state index in [1.165, 1.54) is 6.08 Å². The molecule has 0 aliphatic heterocycles. The number of ether oxygens (including phenoxy) is 1. The maximum absolute atomic E-state index is 10.8. The molecule has 0 heterocycles. The van der Waals surface area contributed by atoms with Crippen LogP contribution in [0.15, 0.2) is 58.6 Å². The van der Waals surface area contributed by atoms with E-state index in [-0.39, 0.29) is 5.57 Å². The second kappa shape index (κ2) is 7.43. The van der Waals surface area contributed by atoms with Crippen LogP contribution in [0.4, 0.5) is 0 Å². The zero-order chi connectivity index (χ0) is 15.9. The van der Waals surface area contributed by atoms with Gasteiger partial charge in [-0.2, -0.15) is 5.26 Å². The Balaban J connectivity index is 2.13. The molecular formula is C17H12BrNO3. The summed E-state index contributed by atoms with van der Waals surface area (Å²) in [4.78, 5) is 10.8. The maximum atomic E-state index is 10.8. The third-order valence-electron chi connectivity index (χ3n) is 2.85. The van der Waals surface area contributed by atoms with Crippen molar-refractivity contribution in [1.82, 2.24) is 0 Å². The van der Waals surface area contributed by atoms with E-state index in [1.54, 1.807) is 24.3 Å². The Morgan fingerprint density at radius 3 is 2.59 bits per heavy atom. The zero-order valence-electron chi connectivity index (χ0n) is 11.5. The largest absolute Gasteiger partial charge is 0.488 e. The number of halogens is 1. The lowest BCUT2D eigenvalue weighted by molar-refractivity contribution is -0.132. The highest BCUT2D eigenvalue weighted by atomic mass is 79.9. The van der Waals surface area contributed by atoms with Crippen molar-refractivity contribution in [1.29, 1.82) is 5.26 Å². The highest BCUT2D eigenvalue weighted by molar-refractivity contribution is 9.10. The fraction of sp³-hybridized carbons (Fsp3) is 0.0588. The lowest BCUT2D eigenvalue weighted by Gasteiger charge is -2.09. The molecule has 5 heteroatoms. The Morgan fingerprint density at radius 2 is 2.00 bits per heavy atom. The van der Waals surface area contributed by atoms with Crippen LogP contribution in [-0.4, -0.2) is 11.1 Å². The van der Waals surface area contributed by atoms with Crippen LogP contribution in [-0.2, 0) is 11.4 Å². The summed E-state index contributed by atoms with van der Waals surface area (Å²) in [7, 11) is 0. The van der Waals surface area contributed by atoms with Crippen molar-refractivity contribution in [2.24, 2.45) is 0 Å². The van der Waals surface area contributed by atoms with Crippen LogP contribution in [0.2, 0.25) is 0 Å². The topological polar surface area (TPSA) is 70.3 Å². The Labute approximate surface area is 136 Å². The summed E-state index contributed by atoms with van der Waals surface area (Å²) in [5.74, 6) is -0.599. The van der Waals surface area contributed by atoms with Gasteiger partial charge in [0, 0.05) is 0 Å². The fourth-order valence-electron chi connectivity index (χ4n) is 1.77. The molecule has 0 atom stereocenters. The van der Waals surface area contributed by atoms with Crippen molar-refractivity contribution >= 4 is 28.0 Å². The molecule has 0 fully saturated rings. The highest BCUT2D eigenvalue weighted by Crippen LogP contribution is 2.27. The van der Waals surface area contributed by atoms with Gasteiger partial charge in [-0.25, -0.2) is 4.79 Å². The van der Waals surface area contributed by atoms with Gasteiger partial charge in [0.2, 0.25) is 0 Å². The molecule has 110 valence electrons. The number of hydrogen-bond donors (Lipinski definition) is 1. The van der Waals surface area contributed by atoms with Gasteiger partial charge >= 0.3 is 5.97 Å². The Morgan fingerprint density at radius 1 is 1.27 bits per heavy atom. The van der Waals surface area contributed by atoms with E-state index in [9.17, 15) is 4.79 Å². The number of benzene rings is 2. The second-order valence-corrected chi connectivity index (χ2v) is 5.29. The van der Waals surface area contributed by atoms with Gasteiger partial charge in [0.25, 0.3) is 0 Å². The predicted molar refractivity (Wildman–Crippen MR) is 86.1 cm³/mol. The lowest BCUT2D eigenvalue weighted by atomic mass is 10.1. The summed E-state index contributed by atoms with van der Waals surface area (Å²) in [6.45, 7) is 0.438. The third-order valence-corrected chi connectivity index (χ3v) is 3.47. The molecular weight excluding hydrogens is 346 g/mol. The summed E-state index contributed by atoms with van der Waals surface area (Å²) < 4.78 is 6.40. The van der Waals surface area contributed by atoms with Crippen molar-refractivity contribution in [3.63, 3.8) is 0 Å². The van der Waals surface area contributed by atoms with E-state index in [0.717, 1.165) is 5.56 Å². The molecule has 0 aliphatic carbocycles. The number of carboxylic acids is 1. The van der Waals surface area contributed by atoms with Crippen molar-refractivity contribution in [3.05, 3.63) is 69.7 Å². The number of aliphatic carboxylic acids is 1. The minimum Gasteiger partial charge on any atom is -0.488 e. The molecule has 0 unspecified atom stereocenters. The standard InChI is InChI=1S/C17H12BrNO3/c18-15-9-13(8-14(10-19)17(20)21)6-7-16(15)22-11-12-4-2-1-3-5-12/h1-9H,11H2,(H,20,21). The SMILES string of the molecule is N#CC(=Cc1ccc(OCc2ccccc2)c(Br)c1)C(=O)O. The average Bonchev–Trinajstić information content (AvgIpc) is 2.52. The maximum Gasteiger partial charge on any atom is 0.346 e. The molecule has 0 bridgehead atoms. The van der Waals surface area contributed by atoms with Gasteiger partial charge < -0.3 is 9.84 Å². The molecule has 0 radical (unpaired) electrons. The Bertz CT molecular complexity index is 748. The van der Waals surface area contributed by atoms with Crippen molar-refractivity contribution < 1.29 is 14.6 Å². The van der Waals surface area contributed by atoms with Crippen LogP contribution in [0.25, 0.3) is 6.08 Å². The molecule has 0 amide bonds. The van der Waals surface area contributed by atoms with Gasteiger partial charge in [-0.05, 0) is 45.3 Å². The first kappa shape index (κ1) is 15.8. The van der Waals surface area contributed by atoms with Crippen LogP contribution in [0.1, 0.15) is 11.1 Å². The molecule has 0 saturated carbocycles. The van der Waals surface area contributed by atoms with Gasteiger partial charge in [-0.1, -0.05) is 36.4 Å². The fourth-order valence-corrected chi connectivity index (χ4v) is 2.28. The Kier molecular flexibility index (Phi) is 5.34. The van der Waals surface area contributed by atoms with Crippen LogP contribution in [0.3, 0.4) is 0 Å². The molecule has 0 aliphatic rings. The van der Waals surface area contributed by atoms with Crippen LogP contribution >= 0.6 is 15.9 Å². The molecule has 2 aromatic carbocycles. The minimum absolute atomic E-state index is 0.315. The van der Waals surface area contributed by atoms with Crippen molar-refractivity contribution in [3.8, 4) is 11.8 Å². The Hall–Kier alpha value is -2.58. The van der Waals surface area contributed by atoms with E-state index < -0.39 is 5.97 Å². The third kappa shape index (κ3) is 4.21. The van der Waals surface area contributed by atoms with Crippen LogP contribution in [0, 0.1) is 11.3 Å². The summed E-state index contributed by atoms with van der Waals surface area (Å²) in [5.41, 5.74) is 1.35. The van der Waals surface area contributed by atoms with Gasteiger partial charge in [0.15, 0.2) is 0 Å². The first-order valence-electron chi connectivity index (χ1n) is 6.41. The molecule has 0 aromatic heterocycles. The highest BCUT2D eigenvalue weighted by Gasteiger charge is 2.07. The number of nitriles is 1. The number of nitrogens with zero attached hydrogens (tertiary/aromatic N) is 1. The number of carbonyl (C=O) groups is 1. The van der Waals surface area contributed by atoms with Crippen LogP contribution < -0.4 is 4.74 Å². The summed E-state index contributed by atoms with van der Waals surface area (Å²) >= 11 is 3.38. The van der Waals surface area contributed by atoms with Gasteiger partial charge in [-0.15, -0.1) is 0 Å². The first-order chi connectivity index (χ1) is 10.6. The quantitative estimate of drug-likeness (QED) is 0.647. The van der Waals surface area contributed by atoms with Crippen molar-refractivity contribution in [2.45, 2.75) is 6.61 Å². The summed E-state index contributed by atoms with van der Waals surface area (Å²) in [5, 5.41) is 17.6. The minimum atomic E-state index is -1.25. The van der Waals surface area contributed by atoms with Gasteiger partial charge in [-0.3, -0.25) is 0 Å². The zero-order valence-corrected chi connectivity index (χ0v) is 13.1. The number of hydrogen-bond acceptors (Lipinski definition) is 3. The van der Waals surface area contributed by atoms with Crippen molar-refractivity contribution in [2.75, 3.05) is 0 Å². The van der Waals surface area contributed by atoms with E-state index in [2.05, 4.69) is 15.9 Å². The number of rotatable bonds is 5. The molecule has 4 nitrogen and oxygen atoms in total. The molecule has 2 aromatic rings. The molecule has 2 rings (SSSR count). The molecule has 0 spiro atoms. The smallest absolute Gasteiger partial charge is 0.346 e. The van der Waals surface area contributed by atoms with E-state index in [4.69, 9.17) is 15.1 Å². The molecule has 1 N–H and O–H groups in total. The first-order valence-corrected chi connectivity index (χ1v) is 7.21. The van der Waals surface area contributed by atoms with Gasteiger partial charge in [0.05, 0.1) is 4.47 Å². The molecule has 22 heavy (non-hydrogen) atoms. The molecule has 0 saturated heterocycles. The lowest BCUT2D eigenvalue weighted by Crippen LogP contribution is -1.98. The average molecular weight is 358 g/mol. The van der Waals surface area contributed by atoms with Crippen LogP contribution in [0.5, 0.6) is 5.75 Å². The summed E-state index contributed by atoms with van der Waals surface area (Å²) in [6, 6.07) is 16.5. The summed E-state index contributed by atoms with van der Waals surface area (Å²) in [6.07, 6.45) is 1.31.